The Balaban J connectivity index is 1.58. The first-order chi connectivity index (χ1) is 12.5. The maximum absolute atomic E-state index is 13.4. The molecule has 2 heterocycles. The lowest BCUT2D eigenvalue weighted by atomic mass is 10.1. The highest BCUT2D eigenvalue weighted by atomic mass is 35.5. The fourth-order valence-electron chi connectivity index (χ4n) is 2.96. The van der Waals surface area contributed by atoms with Crippen LogP contribution in [0, 0.1) is 11.6 Å². The van der Waals surface area contributed by atoms with E-state index in [-0.39, 0.29) is 30.5 Å². The molecular formula is C18H12ClF2N3O2. The van der Waals surface area contributed by atoms with Crippen molar-refractivity contribution in [3.63, 3.8) is 0 Å². The van der Waals surface area contributed by atoms with Crippen LogP contribution in [-0.2, 0) is 4.79 Å². The highest BCUT2D eigenvalue weighted by Crippen LogP contribution is 2.32. The van der Waals surface area contributed by atoms with Gasteiger partial charge in [-0.1, -0.05) is 28.9 Å². The Hall–Kier alpha value is -2.80. The van der Waals surface area contributed by atoms with Gasteiger partial charge in [0.25, 0.3) is 0 Å². The predicted octanol–water partition coefficient (Wildman–Crippen LogP) is 4.19. The molecule has 1 aliphatic heterocycles. The minimum atomic E-state index is -0.739. The van der Waals surface area contributed by atoms with Gasteiger partial charge in [0.15, 0.2) is 0 Å². The molecule has 0 bridgehead atoms. The van der Waals surface area contributed by atoms with Crippen LogP contribution in [0.15, 0.2) is 47.0 Å². The van der Waals surface area contributed by atoms with Gasteiger partial charge in [-0.25, -0.2) is 8.78 Å². The molecule has 26 heavy (non-hydrogen) atoms. The van der Waals surface area contributed by atoms with Crippen molar-refractivity contribution in [1.29, 1.82) is 0 Å². The molecule has 1 amide bonds. The molecule has 8 heteroatoms. The first kappa shape index (κ1) is 16.7. The number of carbonyl (C=O) groups is 1. The second kappa shape index (κ2) is 6.49. The molecule has 0 saturated carbocycles. The summed E-state index contributed by atoms with van der Waals surface area (Å²) in [5.74, 6) is -1.43. The first-order valence-corrected chi connectivity index (χ1v) is 8.23. The Labute approximate surface area is 152 Å². The minimum absolute atomic E-state index is 0.120. The van der Waals surface area contributed by atoms with Crippen LogP contribution in [0.1, 0.15) is 18.2 Å². The van der Waals surface area contributed by atoms with Gasteiger partial charge in [-0.15, -0.1) is 0 Å². The Bertz CT molecular complexity index is 972. The molecule has 4 rings (SSSR count). The monoisotopic (exact) mass is 375 g/mol. The number of hydrogen-bond donors (Lipinski definition) is 0. The standard InChI is InChI=1S/C18H12ClF2N3O2/c19-12-3-1-2-10(4-12)17-22-18(26-23-17)11-5-16(25)24(9-11)15-7-13(20)6-14(21)8-15/h1-4,6-8,11H,5,9H2. The largest absolute Gasteiger partial charge is 0.339 e. The molecule has 3 aromatic rings. The molecule has 1 fully saturated rings. The molecule has 1 unspecified atom stereocenters. The lowest BCUT2D eigenvalue weighted by molar-refractivity contribution is -0.117. The van der Waals surface area contributed by atoms with E-state index in [4.69, 9.17) is 16.1 Å². The Morgan fingerprint density at radius 1 is 1.15 bits per heavy atom. The molecule has 1 saturated heterocycles. The van der Waals surface area contributed by atoms with E-state index >= 15 is 0 Å². The molecule has 0 aliphatic carbocycles. The first-order valence-electron chi connectivity index (χ1n) is 7.85. The van der Waals surface area contributed by atoms with Gasteiger partial charge in [0.1, 0.15) is 11.6 Å². The Morgan fingerprint density at radius 2 is 1.92 bits per heavy atom. The predicted molar refractivity (Wildman–Crippen MR) is 90.8 cm³/mol. The third-order valence-corrected chi connectivity index (χ3v) is 4.39. The molecule has 1 aliphatic rings. The quantitative estimate of drug-likeness (QED) is 0.688. The summed E-state index contributed by atoms with van der Waals surface area (Å²) < 4.78 is 32.1. The van der Waals surface area contributed by atoms with Gasteiger partial charge in [0, 0.05) is 35.3 Å². The van der Waals surface area contributed by atoms with Crippen LogP contribution in [0.5, 0.6) is 0 Å². The number of halogens is 3. The Kier molecular flexibility index (Phi) is 4.16. The van der Waals surface area contributed by atoms with E-state index in [1.165, 1.54) is 4.90 Å². The summed E-state index contributed by atoms with van der Waals surface area (Å²) in [5.41, 5.74) is 0.866. The van der Waals surface area contributed by atoms with Crippen LogP contribution >= 0.6 is 11.6 Å². The van der Waals surface area contributed by atoms with Crippen LogP contribution in [0.4, 0.5) is 14.5 Å². The number of rotatable bonds is 3. The zero-order valence-electron chi connectivity index (χ0n) is 13.3. The van der Waals surface area contributed by atoms with Gasteiger partial charge in [0.2, 0.25) is 17.6 Å². The fourth-order valence-corrected chi connectivity index (χ4v) is 3.15. The minimum Gasteiger partial charge on any atom is -0.339 e. The van der Waals surface area contributed by atoms with Crippen LogP contribution in [0.25, 0.3) is 11.4 Å². The van der Waals surface area contributed by atoms with Gasteiger partial charge in [-0.05, 0) is 24.3 Å². The van der Waals surface area contributed by atoms with Crippen molar-refractivity contribution in [2.75, 3.05) is 11.4 Å². The summed E-state index contributed by atoms with van der Waals surface area (Å²) in [6.07, 6.45) is 0.120. The van der Waals surface area contributed by atoms with Gasteiger partial charge in [-0.3, -0.25) is 4.79 Å². The highest BCUT2D eigenvalue weighted by Gasteiger charge is 2.35. The summed E-state index contributed by atoms with van der Waals surface area (Å²) >= 11 is 5.96. The van der Waals surface area contributed by atoms with Crippen LogP contribution < -0.4 is 4.90 Å². The number of benzene rings is 2. The van der Waals surface area contributed by atoms with Crippen molar-refractivity contribution in [3.05, 3.63) is 65.0 Å². The van der Waals surface area contributed by atoms with E-state index in [9.17, 15) is 13.6 Å². The SMILES string of the molecule is O=C1CC(c2nc(-c3cccc(Cl)c3)no2)CN1c1cc(F)cc(F)c1. The van der Waals surface area contributed by atoms with Crippen LogP contribution in [-0.4, -0.2) is 22.6 Å². The van der Waals surface area contributed by atoms with E-state index in [1.807, 2.05) is 0 Å². The normalized spacial score (nSPS) is 17.1. The van der Waals surface area contributed by atoms with E-state index in [1.54, 1.807) is 24.3 Å². The highest BCUT2D eigenvalue weighted by molar-refractivity contribution is 6.30. The number of aromatic nitrogens is 2. The van der Waals surface area contributed by atoms with Crippen molar-refractivity contribution in [3.8, 4) is 11.4 Å². The third-order valence-electron chi connectivity index (χ3n) is 4.16. The molecular weight excluding hydrogens is 364 g/mol. The summed E-state index contributed by atoms with van der Waals surface area (Å²) in [6.45, 7) is 0.207. The lowest BCUT2D eigenvalue weighted by Gasteiger charge is -2.16. The topological polar surface area (TPSA) is 59.2 Å². The van der Waals surface area contributed by atoms with Crippen molar-refractivity contribution >= 4 is 23.2 Å². The second-order valence-corrected chi connectivity index (χ2v) is 6.44. The molecule has 2 aromatic carbocycles. The number of anilines is 1. The summed E-state index contributed by atoms with van der Waals surface area (Å²) in [6, 6.07) is 10.0. The fraction of sp³-hybridized carbons (Fsp3) is 0.167. The van der Waals surface area contributed by atoms with Crippen molar-refractivity contribution in [1.82, 2.24) is 10.1 Å². The number of amides is 1. The third kappa shape index (κ3) is 3.17. The van der Waals surface area contributed by atoms with Gasteiger partial charge in [-0.2, -0.15) is 4.98 Å². The van der Waals surface area contributed by atoms with Gasteiger partial charge in [0.05, 0.1) is 5.92 Å². The average molecular weight is 376 g/mol. The maximum Gasteiger partial charge on any atom is 0.232 e. The molecule has 0 N–H and O–H groups in total. The molecule has 0 spiro atoms. The average Bonchev–Trinajstić information content (AvgIpc) is 3.20. The van der Waals surface area contributed by atoms with E-state index < -0.39 is 11.6 Å². The Morgan fingerprint density at radius 3 is 2.65 bits per heavy atom. The number of carbonyl (C=O) groups excluding carboxylic acids is 1. The molecule has 0 radical (unpaired) electrons. The van der Waals surface area contributed by atoms with E-state index in [0.29, 0.717) is 22.3 Å². The zero-order valence-corrected chi connectivity index (χ0v) is 14.1. The van der Waals surface area contributed by atoms with Crippen LogP contribution in [0.2, 0.25) is 5.02 Å². The van der Waals surface area contributed by atoms with Crippen molar-refractivity contribution in [2.45, 2.75) is 12.3 Å². The second-order valence-electron chi connectivity index (χ2n) is 6.00. The van der Waals surface area contributed by atoms with Crippen molar-refractivity contribution < 1.29 is 18.1 Å². The molecule has 5 nitrogen and oxygen atoms in total. The van der Waals surface area contributed by atoms with Gasteiger partial charge < -0.3 is 9.42 Å². The number of hydrogen-bond acceptors (Lipinski definition) is 4. The molecule has 132 valence electrons. The molecule has 1 aromatic heterocycles. The lowest BCUT2D eigenvalue weighted by Crippen LogP contribution is -2.24. The number of nitrogens with zero attached hydrogens (tertiary/aromatic N) is 3. The smallest absolute Gasteiger partial charge is 0.232 e. The summed E-state index contributed by atoms with van der Waals surface area (Å²) in [7, 11) is 0. The van der Waals surface area contributed by atoms with E-state index in [2.05, 4.69) is 10.1 Å². The van der Waals surface area contributed by atoms with E-state index in [0.717, 1.165) is 18.2 Å². The van der Waals surface area contributed by atoms with Gasteiger partial charge >= 0.3 is 0 Å². The molecule has 1 atom stereocenters. The van der Waals surface area contributed by atoms with Crippen molar-refractivity contribution in [2.24, 2.45) is 0 Å². The zero-order chi connectivity index (χ0) is 18.3. The summed E-state index contributed by atoms with van der Waals surface area (Å²) in [5, 5.41) is 4.47. The summed E-state index contributed by atoms with van der Waals surface area (Å²) in [4.78, 5) is 17.9. The maximum atomic E-state index is 13.4. The van der Waals surface area contributed by atoms with Crippen LogP contribution in [0.3, 0.4) is 0 Å².